The molecule has 2 N–H and O–H groups in total. The molecule has 2 heterocycles. The van der Waals surface area contributed by atoms with Gasteiger partial charge in [-0.2, -0.15) is 9.90 Å². The second kappa shape index (κ2) is 6.70. The molecule has 0 atom stereocenters. The van der Waals surface area contributed by atoms with Crippen LogP contribution < -0.4 is 10.6 Å². The number of anilines is 1. The van der Waals surface area contributed by atoms with Gasteiger partial charge in [0, 0.05) is 12.1 Å². The van der Waals surface area contributed by atoms with Crippen molar-refractivity contribution in [2.45, 2.75) is 26.9 Å². The molecule has 2 amide bonds. The summed E-state index contributed by atoms with van der Waals surface area (Å²) >= 11 is 0. The summed E-state index contributed by atoms with van der Waals surface area (Å²) in [6, 6.07) is 0. The van der Waals surface area contributed by atoms with E-state index < -0.39 is 6.09 Å². The lowest BCUT2D eigenvalue weighted by atomic mass is 10.2. The fourth-order valence-electron chi connectivity index (χ4n) is 1.71. The minimum absolute atomic E-state index is 0.0772. The van der Waals surface area contributed by atoms with E-state index >= 15 is 0 Å². The molecule has 0 spiro atoms. The largest absolute Gasteiger partial charge is 0.453 e. The van der Waals surface area contributed by atoms with Crippen LogP contribution in [0.1, 0.15) is 17.0 Å². The molecule has 0 aliphatic carbocycles. The molecule has 0 radical (unpaired) electrons. The highest BCUT2D eigenvalue weighted by atomic mass is 16.5. The summed E-state index contributed by atoms with van der Waals surface area (Å²) in [5, 5.41) is 16.7. The van der Waals surface area contributed by atoms with Crippen LogP contribution in [0.2, 0.25) is 0 Å². The maximum atomic E-state index is 11.8. The van der Waals surface area contributed by atoms with Gasteiger partial charge in [-0.15, -0.1) is 5.10 Å². The quantitative estimate of drug-likeness (QED) is 0.818. The van der Waals surface area contributed by atoms with Crippen LogP contribution in [-0.4, -0.2) is 39.3 Å². The van der Waals surface area contributed by atoms with Crippen molar-refractivity contribution in [1.29, 1.82) is 0 Å². The number of aromatic nitrogens is 4. The molecule has 10 heteroatoms. The van der Waals surface area contributed by atoms with Crippen LogP contribution in [0.25, 0.3) is 0 Å². The van der Waals surface area contributed by atoms with Gasteiger partial charge in [0.05, 0.1) is 19.0 Å². The van der Waals surface area contributed by atoms with Crippen LogP contribution in [-0.2, 0) is 22.6 Å². The first-order valence-corrected chi connectivity index (χ1v) is 6.43. The van der Waals surface area contributed by atoms with Gasteiger partial charge >= 0.3 is 6.09 Å². The van der Waals surface area contributed by atoms with E-state index in [0.29, 0.717) is 12.3 Å². The van der Waals surface area contributed by atoms with Crippen molar-refractivity contribution < 1.29 is 18.8 Å². The summed E-state index contributed by atoms with van der Waals surface area (Å²) in [7, 11) is 1.24. The Bertz CT molecular complexity index is 657. The SMILES string of the molecule is COC(=O)Nc1cnn(CC(=O)NCc2c(C)noc2C)n1. The molecule has 0 unspecified atom stereocenters. The average molecular weight is 308 g/mol. The van der Waals surface area contributed by atoms with Crippen molar-refractivity contribution >= 4 is 17.8 Å². The number of aryl methyl sites for hydroxylation is 2. The lowest BCUT2D eigenvalue weighted by Crippen LogP contribution is -2.28. The average Bonchev–Trinajstić information content (AvgIpc) is 3.04. The highest BCUT2D eigenvalue weighted by Crippen LogP contribution is 2.11. The third-order valence-corrected chi connectivity index (χ3v) is 2.88. The van der Waals surface area contributed by atoms with Crippen LogP contribution in [0.15, 0.2) is 10.7 Å². The predicted molar refractivity (Wildman–Crippen MR) is 73.9 cm³/mol. The minimum Gasteiger partial charge on any atom is -0.453 e. The van der Waals surface area contributed by atoms with Crippen LogP contribution in [0, 0.1) is 13.8 Å². The van der Waals surface area contributed by atoms with E-state index in [1.165, 1.54) is 13.3 Å². The molecule has 0 bridgehead atoms. The number of rotatable bonds is 5. The van der Waals surface area contributed by atoms with Crippen molar-refractivity contribution in [2.75, 3.05) is 12.4 Å². The second-order valence-corrected chi connectivity index (χ2v) is 4.46. The molecule has 10 nitrogen and oxygen atoms in total. The van der Waals surface area contributed by atoms with Gasteiger partial charge in [0.15, 0.2) is 5.82 Å². The van der Waals surface area contributed by atoms with Gasteiger partial charge in [-0.1, -0.05) is 5.16 Å². The fourth-order valence-corrected chi connectivity index (χ4v) is 1.71. The minimum atomic E-state index is -0.657. The first-order chi connectivity index (χ1) is 10.5. The fraction of sp³-hybridized carbons (Fsp3) is 0.417. The van der Waals surface area contributed by atoms with Crippen molar-refractivity contribution in [2.24, 2.45) is 0 Å². The zero-order valence-corrected chi connectivity index (χ0v) is 12.4. The van der Waals surface area contributed by atoms with Gasteiger partial charge in [0.25, 0.3) is 0 Å². The van der Waals surface area contributed by atoms with Gasteiger partial charge in [-0.3, -0.25) is 10.1 Å². The van der Waals surface area contributed by atoms with Gasteiger partial charge < -0.3 is 14.6 Å². The topological polar surface area (TPSA) is 124 Å². The lowest BCUT2D eigenvalue weighted by molar-refractivity contribution is -0.122. The number of carbonyl (C=O) groups is 2. The number of methoxy groups -OCH3 is 1. The Balaban J connectivity index is 1.86. The van der Waals surface area contributed by atoms with E-state index in [1.807, 2.05) is 0 Å². The highest BCUT2D eigenvalue weighted by Gasteiger charge is 2.12. The zero-order chi connectivity index (χ0) is 16.1. The molecular weight excluding hydrogens is 292 g/mol. The summed E-state index contributed by atoms with van der Waals surface area (Å²) in [6.07, 6.45) is 0.660. The maximum absolute atomic E-state index is 11.8. The molecule has 118 valence electrons. The van der Waals surface area contributed by atoms with Crippen LogP contribution in [0.5, 0.6) is 0 Å². The van der Waals surface area contributed by atoms with Crippen molar-refractivity contribution in [3.05, 3.63) is 23.2 Å². The Morgan fingerprint density at radius 2 is 2.18 bits per heavy atom. The second-order valence-electron chi connectivity index (χ2n) is 4.46. The van der Waals surface area contributed by atoms with Crippen molar-refractivity contribution in [1.82, 2.24) is 25.5 Å². The summed E-state index contributed by atoms with van der Waals surface area (Å²) in [5.41, 5.74) is 1.58. The maximum Gasteiger partial charge on any atom is 0.412 e. The molecular formula is C12H16N6O4. The van der Waals surface area contributed by atoms with Gasteiger partial charge in [0.2, 0.25) is 5.91 Å². The summed E-state index contributed by atoms with van der Waals surface area (Å²) in [6.45, 7) is 3.82. The summed E-state index contributed by atoms with van der Waals surface area (Å²) in [5.74, 6) is 0.588. The lowest BCUT2D eigenvalue weighted by Gasteiger charge is -2.04. The molecule has 2 aromatic heterocycles. The third-order valence-electron chi connectivity index (χ3n) is 2.88. The monoisotopic (exact) mass is 308 g/mol. The normalized spacial score (nSPS) is 10.3. The van der Waals surface area contributed by atoms with Crippen molar-refractivity contribution in [3.63, 3.8) is 0 Å². The molecule has 0 aromatic carbocycles. The number of amides is 2. The third kappa shape index (κ3) is 3.81. The number of ether oxygens (including phenoxy) is 1. The van der Waals surface area contributed by atoms with Gasteiger partial charge in [-0.25, -0.2) is 4.79 Å². The molecule has 2 aromatic rings. The van der Waals surface area contributed by atoms with Crippen LogP contribution in [0.3, 0.4) is 0 Å². The number of hydrogen-bond donors (Lipinski definition) is 2. The number of carbonyl (C=O) groups excluding carboxylic acids is 2. The van der Waals surface area contributed by atoms with Crippen molar-refractivity contribution in [3.8, 4) is 0 Å². The smallest absolute Gasteiger partial charge is 0.412 e. The Kier molecular flexibility index (Phi) is 4.71. The molecule has 0 aliphatic heterocycles. The number of nitrogens with zero attached hydrogens (tertiary/aromatic N) is 4. The molecule has 0 saturated heterocycles. The van der Waals surface area contributed by atoms with E-state index in [9.17, 15) is 9.59 Å². The number of nitrogens with one attached hydrogen (secondary N) is 2. The van der Waals surface area contributed by atoms with E-state index in [1.54, 1.807) is 13.8 Å². The predicted octanol–water partition coefficient (Wildman–Crippen LogP) is 0.378. The summed E-state index contributed by atoms with van der Waals surface area (Å²) < 4.78 is 9.44. The van der Waals surface area contributed by atoms with E-state index in [4.69, 9.17) is 4.52 Å². The van der Waals surface area contributed by atoms with E-state index in [2.05, 4.69) is 30.7 Å². The van der Waals surface area contributed by atoms with Crippen LogP contribution >= 0.6 is 0 Å². The van der Waals surface area contributed by atoms with Crippen LogP contribution in [0.4, 0.5) is 10.6 Å². The van der Waals surface area contributed by atoms with Gasteiger partial charge in [-0.05, 0) is 13.8 Å². The standard InChI is InChI=1S/C12H16N6O4/c1-7-9(8(2)22-17-7)4-13-11(19)6-18-14-5-10(16-18)15-12(20)21-3/h5H,4,6H2,1-3H3,(H,13,19)(H,15,16,20). The molecule has 0 aliphatic rings. The summed E-state index contributed by atoms with van der Waals surface area (Å²) in [4.78, 5) is 24.0. The Morgan fingerprint density at radius 1 is 1.41 bits per heavy atom. The Labute approximate surface area is 125 Å². The van der Waals surface area contributed by atoms with E-state index in [-0.39, 0.29) is 18.3 Å². The molecule has 2 rings (SSSR count). The number of hydrogen-bond acceptors (Lipinski definition) is 7. The molecule has 22 heavy (non-hydrogen) atoms. The first-order valence-electron chi connectivity index (χ1n) is 6.43. The Morgan fingerprint density at radius 3 is 2.82 bits per heavy atom. The highest BCUT2D eigenvalue weighted by molar-refractivity contribution is 5.82. The molecule has 0 fully saturated rings. The zero-order valence-electron chi connectivity index (χ0n) is 12.4. The van der Waals surface area contributed by atoms with Gasteiger partial charge in [0.1, 0.15) is 12.3 Å². The van der Waals surface area contributed by atoms with E-state index in [0.717, 1.165) is 16.1 Å². The Hall–Kier alpha value is -2.91. The molecule has 0 saturated carbocycles. The first kappa shape index (κ1) is 15.5.